The first-order chi connectivity index (χ1) is 9.49. The molecule has 1 amide bonds. The van der Waals surface area contributed by atoms with E-state index in [-0.39, 0.29) is 6.04 Å². The molecule has 0 spiro atoms. The van der Waals surface area contributed by atoms with Crippen molar-refractivity contribution in [1.29, 1.82) is 0 Å². The topological polar surface area (TPSA) is 174 Å². The summed E-state index contributed by atoms with van der Waals surface area (Å²) >= 11 is 0. The molecule has 0 aliphatic rings. The summed E-state index contributed by atoms with van der Waals surface area (Å²) in [6.45, 7) is 2.37. The number of carbonyl (C=O) groups excluding carboxylic acids is 1. The van der Waals surface area contributed by atoms with Crippen molar-refractivity contribution in [2.75, 3.05) is 6.61 Å². The number of hydrogen-bond donors (Lipinski definition) is 6. The lowest BCUT2D eigenvalue weighted by Crippen LogP contribution is -2.53. The lowest BCUT2D eigenvalue weighted by Gasteiger charge is -2.26. The van der Waals surface area contributed by atoms with Crippen LogP contribution in [0.3, 0.4) is 0 Å². The summed E-state index contributed by atoms with van der Waals surface area (Å²) < 4.78 is 32.7. The summed E-state index contributed by atoms with van der Waals surface area (Å²) in [5.41, 5.74) is 0. The van der Waals surface area contributed by atoms with Gasteiger partial charge in [-0.2, -0.15) is 8.42 Å². The highest BCUT2D eigenvalue weighted by Crippen LogP contribution is 2.07. The summed E-state index contributed by atoms with van der Waals surface area (Å²) in [4.78, 5) is 11.5. The molecule has 0 aromatic carbocycles. The number of hydrogen-bond acceptors (Lipinski definition) is 8. The third-order valence-corrected chi connectivity index (χ3v) is 3.16. The van der Waals surface area contributed by atoms with Gasteiger partial charge in [0.25, 0.3) is 5.91 Å². The summed E-state index contributed by atoms with van der Waals surface area (Å²) in [7, 11) is -4.83. The molecule has 11 heteroatoms. The van der Waals surface area contributed by atoms with Crippen LogP contribution in [0.15, 0.2) is 0 Å². The van der Waals surface area contributed by atoms with Gasteiger partial charge < -0.3 is 25.7 Å². The fraction of sp³-hybridized carbons (Fsp3) is 0.900. The molecule has 0 saturated carbocycles. The molecule has 0 rings (SSSR count). The first-order valence-electron chi connectivity index (χ1n) is 6.14. The maximum absolute atomic E-state index is 11.5. The smallest absolute Gasteiger partial charge is 0.388 e. The molecule has 0 saturated heterocycles. The van der Waals surface area contributed by atoms with Crippen LogP contribution in [-0.4, -0.2) is 76.4 Å². The van der Waals surface area contributed by atoms with E-state index in [1.54, 1.807) is 13.8 Å². The van der Waals surface area contributed by atoms with Crippen LogP contribution in [0.1, 0.15) is 20.3 Å². The minimum absolute atomic E-state index is 0.274. The van der Waals surface area contributed by atoms with E-state index in [0.717, 1.165) is 0 Å². The van der Waals surface area contributed by atoms with Crippen molar-refractivity contribution in [3.8, 4) is 0 Å². The van der Waals surface area contributed by atoms with E-state index in [4.69, 9.17) is 4.55 Å². The Bertz CT molecular complexity index is 426. The minimum Gasteiger partial charge on any atom is -0.388 e. The molecule has 6 N–H and O–H groups in total. The molecule has 0 aliphatic heterocycles. The number of aliphatic hydroxyl groups is 4. The van der Waals surface area contributed by atoms with Gasteiger partial charge in [0.1, 0.15) is 18.3 Å². The number of carbonyl (C=O) groups is 1. The zero-order valence-electron chi connectivity index (χ0n) is 11.6. The molecule has 0 bridgehead atoms. The molecule has 0 aliphatic carbocycles. The van der Waals surface area contributed by atoms with Crippen LogP contribution in [-0.2, 0) is 19.4 Å². The zero-order valence-corrected chi connectivity index (χ0v) is 12.4. The Balaban J connectivity index is 4.53. The number of amides is 1. The highest BCUT2D eigenvalue weighted by atomic mass is 32.3. The lowest BCUT2D eigenvalue weighted by atomic mass is 10.0. The Hall–Kier alpha value is -0.820. The van der Waals surface area contributed by atoms with E-state index in [9.17, 15) is 33.6 Å². The second kappa shape index (κ2) is 8.58. The quantitative estimate of drug-likeness (QED) is 0.243. The Labute approximate surface area is 122 Å². The number of rotatable bonds is 9. The second-order valence-electron chi connectivity index (χ2n) is 4.52. The first kappa shape index (κ1) is 20.2. The van der Waals surface area contributed by atoms with E-state index in [0.29, 0.717) is 6.42 Å². The largest absolute Gasteiger partial charge is 0.397 e. The van der Waals surface area contributed by atoms with Crippen LogP contribution in [0, 0.1) is 0 Å². The van der Waals surface area contributed by atoms with Gasteiger partial charge in [-0.3, -0.25) is 9.35 Å². The summed E-state index contributed by atoms with van der Waals surface area (Å²) in [5.74, 6) is -0.959. The maximum Gasteiger partial charge on any atom is 0.397 e. The molecule has 21 heavy (non-hydrogen) atoms. The summed E-state index contributed by atoms with van der Waals surface area (Å²) in [6.07, 6.45) is -7.55. The average molecular weight is 331 g/mol. The Morgan fingerprint density at radius 3 is 2.14 bits per heavy atom. The zero-order chi connectivity index (χ0) is 16.8. The van der Waals surface area contributed by atoms with Crippen LogP contribution in [0.2, 0.25) is 0 Å². The van der Waals surface area contributed by atoms with E-state index in [1.165, 1.54) is 0 Å². The van der Waals surface area contributed by atoms with Gasteiger partial charge in [-0.15, -0.1) is 0 Å². The highest BCUT2D eigenvalue weighted by molar-refractivity contribution is 7.80. The number of aliphatic hydroxyl groups excluding tert-OH is 4. The van der Waals surface area contributed by atoms with E-state index < -0.39 is 47.3 Å². The van der Waals surface area contributed by atoms with Gasteiger partial charge in [-0.25, -0.2) is 4.18 Å². The van der Waals surface area contributed by atoms with Crippen LogP contribution < -0.4 is 5.32 Å². The SMILES string of the molecule is CCC(C)NC(=O)[C@H](O)[C@@H](O)[C@H](O)[C@H](O)COS(=O)(=O)O. The van der Waals surface area contributed by atoms with Crippen LogP contribution in [0.4, 0.5) is 0 Å². The minimum atomic E-state index is -4.83. The standard InChI is InChI=1S/C10H21NO9S/c1-3-5(2)11-10(16)9(15)8(14)7(13)6(12)4-20-21(17,18)19/h5-9,12-15H,3-4H2,1-2H3,(H,11,16)(H,17,18,19)/t5?,6-,7-,8+,9-/m1/s1. The Morgan fingerprint density at radius 2 is 1.71 bits per heavy atom. The average Bonchev–Trinajstić information content (AvgIpc) is 2.40. The monoisotopic (exact) mass is 331 g/mol. The van der Waals surface area contributed by atoms with Crippen molar-refractivity contribution in [3.05, 3.63) is 0 Å². The molecule has 0 aromatic heterocycles. The van der Waals surface area contributed by atoms with Crippen molar-refractivity contribution in [3.63, 3.8) is 0 Å². The van der Waals surface area contributed by atoms with Gasteiger partial charge in [0.05, 0.1) is 6.61 Å². The van der Waals surface area contributed by atoms with Gasteiger partial charge in [0, 0.05) is 6.04 Å². The second-order valence-corrected chi connectivity index (χ2v) is 5.61. The Morgan fingerprint density at radius 1 is 1.19 bits per heavy atom. The molecular weight excluding hydrogens is 310 g/mol. The van der Waals surface area contributed by atoms with Crippen molar-refractivity contribution in [2.45, 2.75) is 50.7 Å². The van der Waals surface area contributed by atoms with Gasteiger partial charge >= 0.3 is 10.4 Å². The van der Waals surface area contributed by atoms with E-state index in [2.05, 4.69) is 9.50 Å². The van der Waals surface area contributed by atoms with Crippen molar-refractivity contribution in [1.82, 2.24) is 5.32 Å². The lowest BCUT2D eigenvalue weighted by molar-refractivity contribution is -0.149. The molecular formula is C10H21NO9S. The maximum atomic E-state index is 11.5. The van der Waals surface area contributed by atoms with Crippen LogP contribution in [0.25, 0.3) is 0 Å². The normalized spacial score (nSPS) is 19.4. The van der Waals surface area contributed by atoms with Crippen molar-refractivity contribution in [2.24, 2.45) is 0 Å². The van der Waals surface area contributed by atoms with E-state index in [1.807, 2.05) is 0 Å². The van der Waals surface area contributed by atoms with Gasteiger partial charge in [0.15, 0.2) is 6.10 Å². The van der Waals surface area contributed by atoms with Crippen molar-refractivity contribution >= 4 is 16.3 Å². The summed E-state index contributed by atoms with van der Waals surface area (Å²) in [5, 5.41) is 40.3. The molecule has 10 nitrogen and oxygen atoms in total. The van der Waals surface area contributed by atoms with E-state index >= 15 is 0 Å². The molecule has 0 aromatic rings. The van der Waals surface area contributed by atoms with Crippen LogP contribution >= 0.6 is 0 Å². The van der Waals surface area contributed by atoms with Crippen LogP contribution in [0.5, 0.6) is 0 Å². The fourth-order valence-corrected chi connectivity index (χ4v) is 1.57. The van der Waals surface area contributed by atoms with Crippen molar-refractivity contribution < 1.29 is 42.4 Å². The predicted octanol–water partition coefficient (Wildman–Crippen LogP) is -2.84. The molecule has 0 heterocycles. The predicted molar refractivity (Wildman–Crippen MR) is 69.4 cm³/mol. The molecule has 0 radical (unpaired) electrons. The first-order valence-corrected chi connectivity index (χ1v) is 7.50. The van der Waals surface area contributed by atoms with Gasteiger partial charge in [-0.1, -0.05) is 6.92 Å². The third-order valence-electron chi connectivity index (χ3n) is 2.73. The number of nitrogens with one attached hydrogen (secondary N) is 1. The molecule has 0 fully saturated rings. The fourth-order valence-electron chi connectivity index (χ4n) is 1.25. The molecule has 1 unspecified atom stereocenters. The van der Waals surface area contributed by atoms with Gasteiger partial charge in [-0.05, 0) is 13.3 Å². The molecule has 126 valence electrons. The molecule has 5 atom stereocenters. The van der Waals surface area contributed by atoms with Gasteiger partial charge in [0.2, 0.25) is 0 Å². The highest BCUT2D eigenvalue weighted by Gasteiger charge is 2.35. The summed E-state index contributed by atoms with van der Waals surface area (Å²) in [6, 6.07) is -0.274. The Kier molecular flexibility index (Phi) is 8.25. The third kappa shape index (κ3) is 7.66.